The van der Waals surface area contributed by atoms with Crippen LogP contribution in [-0.2, 0) is 17.9 Å². The number of nitro groups is 1. The Kier molecular flexibility index (Phi) is 4.98. The number of imidazole rings is 1. The largest absolute Gasteiger partial charge is 0.573 e. The normalized spacial score (nSPS) is 17.1. The topological polar surface area (TPSA) is 88.7 Å². The van der Waals surface area contributed by atoms with E-state index in [9.17, 15) is 23.3 Å². The van der Waals surface area contributed by atoms with Crippen LogP contribution in [0.3, 0.4) is 0 Å². The van der Waals surface area contributed by atoms with Crippen molar-refractivity contribution in [1.82, 2.24) is 9.55 Å². The Morgan fingerprint density at radius 1 is 1.35 bits per heavy atom. The number of ether oxygens (including phenoxy) is 3. The molecular formula is C15H14F3N3O5. The van der Waals surface area contributed by atoms with Gasteiger partial charge in [0.25, 0.3) is 0 Å². The summed E-state index contributed by atoms with van der Waals surface area (Å²) in [4.78, 5) is 13.9. The highest BCUT2D eigenvalue weighted by atomic mass is 19.4. The molecule has 1 aromatic heterocycles. The first-order valence-electron chi connectivity index (χ1n) is 7.61. The van der Waals surface area contributed by atoms with Gasteiger partial charge in [0.15, 0.2) is 0 Å². The lowest BCUT2D eigenvalue weighted by Crippen LogP contribution is -2.19. The van der Waals surface area contributed by atoms with Crippen molar-refractivity contribution in [1.29, 1.82) is 0 Å². The molecule has 3 rings (SSSR count). The summed E-state index contributed by atoms with van der Waals surface area (Å²) in [5, 5.41) is 10.8. The van der Waals surface area contributed by atoms with Crippen LogP contribution in [0.2, 0.25) is 0 Å². The third kappa shape index (κ3) is 4.63. The van der Waals surface area contributed by atoms with Gasteiger partial charge >= 0.3 is 18.2 Å². The number of aromatic nitrogens is 2. The third-order valence-electron chi connectivity index (χ3n) is 3.63. The van der Waals surface area contributed by atoms with E-state index in [1.807, 2.05) is 0 Å². The van der Waals surface area contributed by atoms with E-state index < -0.39 is 11.3 Å². The summed E-state index contributed by atoms with van der Waals surface area (Å²) in [6.07, 6.45) is -3.19. The van der Waals surface area contributed by atoms with Gasteiger partial charge in [-0.3, -0.25) is 4.57 Å². The number of nitrogens with zero attached hydrogens (tertiary/aromatic N) is 3. The van der Waals surface area contributed by atoms with Crippen LogP contribution in [0.25, 0.3) is 0 Å². The third-order valence-corrected chi connectivity index (χ3v) is 3.63. The Bertz CT molecular complexity index is 776. The van der Waals surface area contributed by atoms with Crippen molar-refractivity contribution < 1.29 is 32.3 Å². The fourth-order valence-electron chi connectivity index (χ4n) is 2.45. The minimum atomic E-state index is -4.73. The van der Waals surface area contributed by atoms with E-state index in [1.54, 1.807) is 0 Å². The molecule has 11 heteroatoms. The van der Waals surface area contributed by atoms with Crippen LogP contribution in [0.4, 0.5) is 19.0 Å². The van der Waals surface area contributed by atoms with Gasteiger partial charge in [0.2, 0.25) is 0 Å². The lowest BCUT2D eigenvalue weighted by molar-refractivity contribution is -0.389. The monoisotopic (exact) mass is 373 g/mol. The molecule has 0 aliphatic carbocycles. The van der Waals surface area contributed by atoms with Crippen LogP contribution in [0.5, 0.6) is 11.8 Å². The smallest absolute Gasteiger partial charge is 0.446 e. The van der Waals surface area contributed by atoms with E-state index in [0.29, 0.717) is 18.5 Å². The molecule has 8 nitrogen and oxygen atoms in total. The van der Waals surface area contributed by atoms with Crippen molar-refractivity contribution in [3.8, 4) is 11.8 Å². The van der Waals surface area contributed by atoms with Crippen LogP contribution in [-0.4, -0.2) is 33.5 Å². The molecule has 0 bridgehead atoms. The zero-order valence-corrected chi connectivity index (χ0v) is 13.3. The Morgan fingerprint density at radius 3 is 2.73 bits per heavy atom. The van der Waals surface area contributed by atoms with Crippen LogP contribution >= 0.6 is 0 Å². The number of benzene rings is 1. The first-order valence-corrected chi connectivity index (χ1v) is 7.61. The maximum atomic E-state index is 12.1. The number of fused-ring (bicyclic) bond motifs is 1. The highest BCUT2D eigenvalue weighted by Crippen LogP contribution is 2.24. The summed E-state index contributed by atoms with van der Waals surface area (Å²) in [6.45, 7) is 0.783. The Morgan fingerprint density at radius 2 is 2.08 bits per heavy atom. The van der Waals surface area contributed by atoms with E-state index in [2.05, 4.69) is 9.72 Å². The number of hydrogen-bond acceptors (Lipinski definition) is 6. The highest BCUT2D eigenvalue weighted by Gasteiger charge is 2.31. The lowest BCUT2D eigenvalue weighted by atomic mass is 10.2. The fraction of sp³-hybridized carbons (Fsp3) is 0.400. The Balaban J connectivity index is 1.58. The molecule has 1 aliphatic heterocycles. The fourth-order valence-corrected chi connectivity index (χ4v) is 2.45. The summed E-state index contributed by atoms with van der Waals surface area (Å²) >= 11 is 0. The van der Waals surface area contributed by atoms with Crippen molar-refractivity contribution in [2.75, 3.05) is 6.61 Å². The molecule has 1 aromatic carbocycles. The molecular weight excluding hydrogens is 359 g/mol. The van der Waals surface area contributed by atoms with Gasteiger partial charge in [-0.1, -0.05) is 12.1 Å². The van der Waals surface area contributed by atoms with Gasteiger partial charge in [0.05, 0.1) is 25.9 Å². The molecule has 0 radical (unpaired) electrons. The molecule has 1 atom stereocenters. The molecule has 2 aromatic rings. The summed E-state index contributed by atoms with van der Waals surface area (Å²) in [7, 11) is 0. The van der Waals surface area contributed by atoms with E-state index in [4.69, 9.17) is 9.47 Å². The van der Waals surface area contributed by atoms with Crippen molar-refractivity contribution in [2.45, 2.75) is 32.0 Å². The zero-order chi connectivity index (χ0) is 18.7. The molecule has 0 N–H and O–H groups in total. The molecule has 0 amide bonds. The standard InChI is InChI=1S/C15H14F3N3O5/c16-15(17,18)26-11-3-1-10(2-4-11)9-25-12-5-6-24-14-19-13(21(22)23)8-20(14)7-12/h1-4,8,12H,5-7,9H2. The molecule has 0 fully saturated rings. The average Bonchev–Trinajstić information content (AvgIpc) is 2.86. The quantitative estimate of drug-likeness (QED) is 0.591. The number of halogens is 3. The molecule has 2 heterocycles. The van der Waals surface area contributed by atoms with Gasteiger partial charge in [-0.05, 0) is 22.6 Å². The van der Waals surface area contributed by atoms with Crippen molar-refractivity contribution in [3.05, 3.63) is 46.1 Å². The van der Waals surface area contributed by atoms with E-state index in [0.717, 1.165) is 0 Å². The summed E-state index contributed by atoms with van der Waals surface area (Å²) in [6, 6.07) is 5.53. The van der Waals surface area contributed by atoms with E-state index >= 15 is 0 Å². The minimum absolute atomic E-state index is 0.163. The van der Waals surface area contributed by atoms with Gasteiger partial charge in [0.1, 0.15) is 11.9 Å². The van der Waals surface area contributed by atoms with Crippen LogP contribution in [0.1, 0.15) is 12.0 Å². The molecule has 140 valence electrons. The maximum absolute atomic E-state index is 12.1. The van der Waals surface area contributed by atoms with Crippen molar-refractivity contribution in [3.63, 3.8) is 0 Å². The second kappa shape index (κ2) is 7.20. The van der Waals surface area contributed by atoms with Crippen LogP contribution in [0.15, 0.2) is 30.5 Å². The predicted octanol–water partition coefficient (Wildman–Crippen LogP) is 3.06. The van der Waals surface area contributed by atoms with Gasteiger partial charge in [-0.25, -0.2) is 0 Å². The summed E-state index contributed by atoms with van der Waals surface area (Å²) in [5.41, 5.74) is 0.668. The van der Waals surface area contributed by atoms with Crippen LogP contribution in [0, 0.1) is 10.1 Å². The second-order valence-corrected chi connectivity index (χ2v) is 5.55. The highest BCUT2D eigenvalue weighted by molar-refractivity contribution is 5.27. The van der Waals surface area contributed by atoms with Crippen LogP contribution < -0.4 is 9.47 Å². The molecule has 1 unspecified atom stereocenters. The van der Waals surface area contributed by atoms with Gasteiger partial charge < -0.3 is 24.3 Å². The molecule has 1 aliphatic rings. The molecule has 0 saturated carbocycles. The number of alkyl halides is 3. The maximum Gasteiger partial charge on any atom is 0.573 e. The lowest BCUT2D eigenvalue weighted by Gasteiger charge is -2.15. The average molecular weight is 373 g/mol. The van der Waals surface area contributed by atoms with E-state index in [1.165, 1.54) is 35.0 Å². The summed E-state index contributed by atoms with van der Waals surface area (Å²) in [5.74, 6) is -0.611. The van der Waals surface area contributed by atoms with Crippen molar-refractivity contribution >= 4 is 5.82 Å². The Hall–Kier alpha value is -2.82. The number of hydrogen-bond donors (Lipinski definition) is 0. The first kappa shape index (κ1) is 18.0. The number of rotatable bonds is 5. The molecule has 0 saturated heterocycles. The van der Waals surface area contributed by atoms with E-state index in [-0.39, 0.29) is 36.9 Å². The second-order valence-electron chi connectivity index (χ2n) is 5.55. The van der Waals surface area contributed by atoms with Gasteiger partial charge in [-0.2, -0.15) is 0 Å². The van der Waals surface area contributed by atoms with Gasteiger partial charge in [0, 0.05) is 11.4 Å². The molecule has 0 spiro atoms. The SMILES string of the molecule is O=[N+]([O-])c1cn2c(n1)OCCC(OCc1ccc(OC(F)(F)F)cc1)C2. The summed E-state index contributed by atoms with van der Waals surface area (Å²) < 4.78 is 52.8. The first-order chi connectivity index (χ1) is 12.3. The minimum Gasteiger partial charge on any atom is -0.446 e. The molecule has 26 heavy (non-hydrogen) atoms. The zero-order valence-electron chi connectivity index (χ0n) is 13.3. The van der Waals surface area contributed by atoms with Crippen molar-refractivity contribution in [2.24, 2.45) is 0 Å². The Labute approximate surface area is 145 Å². The predicted molar refractivity (Wildman–Crippen MR) is 80.7 cm³/mol. The van der Waals surface area contributed by atoms with Gasteiger partial charge in [-0.15, -0.1) is 13.2 Å².